The molecule has 0 fully saturated rings. The van der Waals surface area contributed by atoms with Gasteiger partial charge in [0.1, 0.15) is 5.03 Å². The number of nitrogens with one attached hydrogen (secondary N) is 1. The average molecular weight is 305 g/mol. The minimum absolute atomic E-state index is 0.348. The van der Waals surface area contributed by atoms with Crippen molar-refractivity contribution in [3.63, 3.8) is 0 Å². The van der Waals surface area contributed by atoms with Crippen LogP contribution in [0.25, 0.3) is 0 Å². The molecule has 0 spiro atoms. The topological polar surface area (TPSA) is 59.1 Å². The zero-order chi connectivity index (χ0) is 14.3. The summed E-state index contributed by atoms with van der Waals surface area (Å²) in [5, 5.41) is 3.47. The van der Waals surface area contributed by atoms with Gasteiger partial charge in [0.05, 0.1) is 11.1 Å². The SMILES string of the molecule is Cc1cc2c(c(Sc3ccc(Cl)cc3)n1)C(=O)NC2=O. The molecule has 1 aromatic heterocycles. The van der Waals surface area contributed by atoms with Gasteiger partial charge in [0, 0.05) is 15.6 Å². The Morgan fingerprint density at radius 3 is 2.55 bits per heavy atom. The molecule has 0 unspecified atom stereocenters. The molecule has 6 heteroatoms. The smallest absolute Gasteiger partial charge is 0.261 e. The van der Waals surface area contributed by atoms with Crippen molar-refractivity contribution < 1.29 is 9.59 Å². The highest BCUT2D eigenvalue weighted by molar-refractivity contribution is 7.99. The second-order valence-electron chi connectivity index (χ2n) is 4.33. The normalized spacial score (nSPS) is 13.3. The Labute approximate surface area is 124 Å². The fourth-order valence-corrected chi connectivity index (χ4v) is 3.08. The Kier molecular flexibility index (Phi) is 3.23. The van der Waals surface area contributed by atoms with Crippen LogP contribution in [-0.4, -0.2) is 16.8 Å². The molecule has 1 aromatic carbocycles. The Bertz CT molecular complexity index is 729. The molecular formula is C14H9ClN2O2S. The molecule has 2 aromatic rings. The predicted molar refractivity (Wildman–Crippen MR) is 76.3 cm³/mol. The van der Waals surface area contributed by atoms with Crippen LogP contribution in [0.1, 0.15) is 26.4 Å². The van der Waals surface area contributed by atoms with E-state index in [0.29, 0.717) is 26.9 Å². The van der Waals surface area contributed by atoms with Crippen molar-refractivity contribution in [2.45, 2.75) is 16.8 Å². The fraction of sp³-hybridized carbons (Fsp3) is 0.0714. The number of hydrogen-bond acceptors (Lipinski definition) is 4. The molecule has 0 radical (unpaired) electrons. The zero-order valence-electron chi connectivity index (χ0n) is 10.4. The summed E-state index contributed by atoms with van der Waals surface area (Å²) in [6.07, 6.45) is 0. The number of hydrogen-bond donors (Lipinski definition) is 1. The Balaban J connectivity index is 2.06. The van der Waals surface area contributed by atoms with E-state index in [9.17, 15) is 9.59 Å². The molecule has 0 saturated carbocycles. The van der Waals surface area contributed by atoms with E-state index in [1.807, 2.05) is 12.1 Å². The third-order valence-electron chi connectivity index (χ3n) is 2.84. The van der Waals surface area contributed by atoms with Crippen molar-refractivity contribution in [3.8, 4) is 0 Å². The predicted octanol–water partition coefficient (Wildman–Crippen LogP) is 3.08. The van der Waals surface area contributed by atoms with Gasteiger partial charge in [-0.2, -0.15) is 0 Å². The first-order valence-corrected chi connectivity index (χ1v) is 7.05. The van der Waals surface area contributed by atoms with Crippen molar-refractivity contribution in [1.29, 1.82) is 0 Å². The Hall–Kier alpha value is -1.85. The molecule has 3 rings (SSSR count). The standard InChI is InChI=1S/C14H9ClN2O2S/c1-7-6-10-11(13(19)17-12(10)18)14(16-7)20-9-4-2-8(15)3-5-9/h2-6H,1H3,(H,17,18,19). The fourth-order valence-electron chi connectivity index (χ4n) is 1.96. The molecule has 2 amide bonds. The summed E-state index contributed by atoms with van der Waals surface area (Å²) in [6, 6.07) is 8.86. The maximum absolute atomic E-state index is 11.8. The lowest BCUT2D eigenvalue weighted by atomic mass is 10.1. The van der Waals surface area contributed by atoms with Gasteiger partial charge in [-0.15, -0.1) is 0 Å². The second kappa shape index (κ2) is 4.92. The van der Waals surface area contributed by atoms with E-state index in [1.54, 1.807) is 25.1 Å². The number of imide groups is 1. The number of carbonyl (C=O) groups is 2. The molecule has 2 heterocycles. The summed E-state index contributed by atoms with van der Waals surface area (Å²) in [5.74, 6) is -0.762. The molecule has 20 heavy (non-hydrogen) atoms. The van der Waals surface area contributed by atoms with Crippen LogP contribution in [0.15, 0.2) is 40.3 Å². The zero-order valence-corrected chi connectivity index (χ0v) is 12.0. The number of benzene rings is 1. The number of halogens is 1. The van der Waals surface area contributed by atoms with Crippen molar-refractivity contribution >= 4 is 35.2 Å². The van der Waals surface area contributed by atoms with Crippen LogP contribution in [0.4, 0.5) is 0 Å². The van der Waals surface area contributed by atoms with Gasteiger partial charge in [0.2, 0.25) is 0 Å². The highest BCUT2D eigenvalue weighted by atomic mass is 35.5. The van der Waals surface area contributed by atoms with Crippen LogP contribution < -0.4 is 5.32 Å². The number of pyridine rings is 1. The first-order chi connectivity index (χ1) is 9.54. The molecular weight excluding hydrogens is 296 g/mol. The highest BCUT2D eigenvalue weighted by Crippen LogP contribution is 2.33. The number of aryl methyl sites for hydroxylation is 1. The number of nitrogens with zero attached hydrogens (tertiary/aromatic N) is 1. The largest absolute Gasteiger partial charge is 0.288 e. The number of fused-ring (bicyclic) bond motifs is 1. The Morgan fingerprint density at radius 1 is 1.15 bits per heavy atom. The number of amides is 2. The first-order valence-electron chi connectivity index (χ1n) is 5.85. The maximum atomic E-state index is 11.8. The van der Waals surface area contributed by atoms with Crippen LogP contribution in [0.3, 0.4) is 0 Å². The molecule has 0 bridgehead atoms. The molecule has 1 aliphatic heterocycles. The summed E-state index contributed by atoms with van der Waals surface area (Å²) >= 11 is 7.18. The van der Waals surface area contributed by atoms with Crippen molar-refractivity contribution in [3.05, 3.63) is 52.2 Å². The summed E-state index contributed by atoms with van der Waals surface area (Å²) in [6.45, 7) is 1.79. The second-order valence-corrected chi connectivity index (χ2v) is 5.83. The maximum Gasteiger partial charge on any atom is 0.261 e. The lowest BCUT2D eigenvalue weighted by Crippen LogP contribution is -2.20. The lowest BCUT2D eigenvalue weighted by molar-refractivity contribution is 0.0878. The van der Waals surface area contributed by atoms with Gasteiger partial charge in [0.25, 0.3) is 11.8 Å². The van der Waals surface area contributed by atoms with Crippen molar-refractivity contribution in [2.75, 3.05) is 0 Å². The van der Waals surface area contributed by atoms with Gasteiger partial charge in [-0.05, 0) is 37.3 Å². The van der Waals surface area contributed by atoms with Gasteiger partial charge in [-0.25, -0.2) is 4.98 Å². The number of aromatic nitrogens is 1. The van der Waals surface area contributed by atoms with Crippen LogP contribution >= 0.6 is 23.4 Å². The van der Waals surface area contributed by atoms with Gasteiger partial charge in [-0.3, -0.25) is 14.9 Å². The molecule has 4 nitrogen and oxygen atoms in total. The molecule has 1 N–H and O–H groups in total. The van der Waals surface area contributed by atoms with E-state index in [4.69, 9.17) is 11.6 Å². The third kappa shape index (κ3) is 2.30. The van der Waals surface area contributed by atoms with Crippen LogP contribution in [-0.2, 0) is 0 Å². The van der Waals surface area contributed by atoms with E-state index < -0.39 is 5.91 Å². The van der Waals surface area contributed by atoms with Crippen LogP contribution in [0, 0.1) is 6.92 Å². The van der Waals surface area contributed by atoms with Gasteiger partial charge >= 0.3 is 0 Å². The summed E-state index contributed by atoms with van der Waals surface area (Å²) < 4.78 is 0. The van der Waals surface area contributed by atoms with Gasteiger partial charge < -0.3 is 0 Å². The van der Waals surface area contributed by atoms with E-state index in [0.717, 1.165) is 4.90 Å². The summed E-state index contributed by atoms with van der Waals surface area (Å²) in [4.78, 5) is 28.8. The van der Waals surface area contributed by atoms with Crippen molar-refractivity contribution in [1.82, 2.24) is 10.3 Å². The molecule has 1 aliphatic rings. The Morgan fingerprint density at radius 2 is 1.85 bits per heavy atom. The van der Waals surface area contributed by atoms with Crippen LogP contribution in [0.2, 0.25) is 5.02 Å². The lowest BCUT2D eigenvalue weighted by Gasteiger charge is -2.06. The summed E-state index contributed by atoms with van der Waals surface area (Å²) in [5.41, 5.74) is 1.43. The van der Waals surface area contributed by atoms with E-state index in [2.05, 4.69) is 10.3 Å². The van der Waals surface area contributed by atoms with Crippen LogP contribution in [0.5, 0.6) is 0 Å². The van der Waals surface area contributed by atoms with Gasteiger partial charge in [0.15, 0.2) is 0 Å². The number of carbonyl (C=O) groups excluding carboxylic acids is 2. The first kappa shape index (κ1) is 13.1. The quantitative estimate of drug-likeness (QED) is 0.866. The summed E-state index contributed by atoms with van der Waals surface area (Å²) in [7, 11) is 0. The molecule has 0 saturated heterocycles. The molecule has 100 valence electrons. The molecule has 0 aliphatic carbocycles. The minimum Gasteiger partial charge on any atom is -0.288 e. The van der Waals surface area contributed by atoms with E-state index >= 15 is 0 Å². The highest BCUT2D eigenvalue weighted by Gasteiger charge is 2.31. The molecule has 0 atom stereocenters. The third-order valence-corrected chi connectivity index (χ3v) is 4.09. The minimum atomic E-state index is -0.394. The van der Waals surface area contributed by atoms with Crippen molar-refractivity contribution in [2.24, 2.45) is 0 Å². The van der Waals surface area contributed by atoms with E-state index in [1.165, 1.54) is 11.8 Å². The van der Waals surface area contributed by atoms with Gasteiger partial charge in [-0.1, -0.05) is 23.4 Å². The van der Waals surface area contributed by atoms with E-state index in [-0.39, 0.29) is 5.91 Å². The average Bonchev–Trinajstić information content (AvgIpc) is 2.67. The monoisotopic (exact) mass is 304 g/mol. The number of rotatable bonds is 2.